The Bertz CT molecular complexity index is 1380. The number of aliphatic hydroxyl groups excluding tert-OH is 1. The van der Waals surface area contributed by atoms with Gasteiger partial charge in [-0.05, 0) is 41.5 Å². The third-order valence-electron chi connectivity index (χ3n) is 5.67. The first-order chi connectivity index (χ1) is 17.4. The Balaban J connectivity index is 1.56. The van der Waals surface area contributed by atoms with Crippen molar-refractivity contribution < 1.29 is 19.0 Å². The average Bonchev–Trinajstić information content (AvgIpc) is 3.35. The summed E-state index contributed by atoms with van der Waals surface area (Å²) in [5.41, 5.74) is 9.11. The molecule has 0 saturated heterocycles. The largest absolute Gasteiger partial charge is 0.394 e. The molecule has 4 N–H and O–H groups in total. The standard InChI is InChI=1S/C26H25ClFN5O3/c1-36-8-7-33-14-19(13-31-33)18-10-22(25(29)30-12-18)16-5-6-21(23(28)11-16)26(35)32-24(15-34)17-3-2-4-20(27)9-17/h2-6,9-14,24,34H,7-8,15H2,1H3,(H2,29,30)(H,32,35). The number of pyridine rings is 1. The van der Waals surface area contributed by atoms with Gasteiger partial charge in [-0.1, -0.05) is 29.8 Å². The van der Waals surface area contributed by atoms with Crippen molar-refractivity contribution in [3.63, 3.8) is 0 Å². The zero-order chi connectivity index (χ0) is 25.7. The number of nitrogens with one attached hydrogen (secondary N) is 1. The van der Waals surface area contributed by atoms with Gasteiger partial charge in [0.15, 0.2) is 0 Å². The summed E-state index contributed by atoms with van der Waals surface area (Å²) >= 11 is 6.01. The molecule has 2 heterocycles. The summed E-state index contributed by atoms with van der Waals surface area (Å²) in [6.07, 6.45) is 5.19. The van der Waals surface area contributed by atoms with Gasteiger partial charge in [0.25, 0.3) is 5.91 Å². The van der Waals surface area contributed by atoms with E-state index in [-0.39, 0.29) is 18.0 Å². The van der Waals surface area contributed by atoms with E-state index in [4.69, 9.17) is 22.1 Å². The first-order valence-electron chi connectivity index (χ1n) is 11.1. The molecule has 186 valence electrons. The molecule has 0 spiro atoms. The van der Waals surface area contributed by atoms with Crippen molar-refractivity contribution in [3.05, 3.63) is 89.1 Å². The molecule has 1 atom stereocenters. The van der Waals surface area contributed by atoms with Crippen molar-refractivity contribution in [2.75, 3.05) is 26.1 Å². The minimum Gasteiger partial charge on any atom is -0.394 e. The summed E-state index contributed by atoms with van der Waals surface area (Å²) < 4.78 is 21.9. The van der Waals surface area contributed by atoms with Gasteiger partial charge in [0.05, 0.1) is 37.6 Å². The lowest BCUT2D eigenvalue weighted by Gasteiger charge is -2.17. The Labute approximate surface area is 212 Å². The highest BCUT2D eigenvalue weighted by molar-refractivity contribution is 6.30. The Hall–Kier alpha value is -3.79. The predicted octanol–water partition coefficient (Wildman–Crippen LogP) is 4.10. The van der Waals surface area contributed by atoms with E-state index in [1.54, 1.807) is 60.6 Å². The van der Waals surface area contributed by atoms with Crippen LogP contribution in [-0.4, -0.2) is 46.1 Å². The van der Waals surface area contributed by atoms with Crippen LogP contribution in [0.25, 0.3) is 22.3 Å². The van der Waals surface area contributed by atoms with Crippen molar-refractivity contribution in [1.29, 1.82) is 0 Å². The average molecular weight is 510 g/mol. The minimum atomic E-state index is -0.739. The van der Waals surface area contributed by atoms with Crippen molar-refractivity contribution >= 4 is 23.3 Å². The predicted molar refractivity (Wildman–Crippen MR) is 136 cm³/mol. The lowest BCUT2D eigenvalue weighted by atomic mass is 10.0. The van der Waals surface area contributed by atoms with Crippen LogP contribution in [0.2, 0.25) is 5.02 Å². The molecule has 2 aromatic heterocycles. The van der Waals surface area contributed by atoms with Crippen LogP contribution in [0.4, 0.5) is 10.2 Å². The first-order valence-corrected chi connectivity index (χ1v) is 11.5. The van der Waals surface area contributed by atoms with E-state index in [9.17, 15) is 9.90 Å². The van der Waals surface area contributed by atoms with E-state index in [1.807, 2.05) is 6.20 Å². The molecule has 0 aliphatic heterocycles. The minimum absolute atomic E-state index is 0.165. The molecule has 1 unspecified atom stereocenters. The second-order valence-electron chi connectivity index (χ2n) is 8.10. The van der Waals surface area contributed by atoms with Gasteiger partial charge in [0, 0.05) is 41.2 Å². The SMILES string of the molecule is COCCn1cc(-c2cnc(N)c(-c3ccc(C(=O)NC(CO)c4cccc(Cl)c4)c(F)c3)c2)cn1. The van der Waals surface area contributed by atoms with E-state index in [1.165, 1.54) is 12.1 Å². The Morgan fingerprint density at radius 3 is 2.75 bits per heavy atom. The lowest BCUT2D eigenvalue weighted by Crippen LogP contribution is -2.31. The molecular formula is C26H25ClFN5O3. The maximum atomic E-state index is 15.1. The van der Waals surface area contributed by atoms with Gasteiger partial charge in [0.2, 0.25) is 0 Å². The van der Waals surface area contributed by atoms with Gasteiger partial charge < -0.3 is 20.9 Å². The van der Waals surface area contributed by atoms with Crippen LogP contribution in [-0.2, 0) is 11.3 Å². The number of halogens is 2. The number of nitrogens with two attached hydrogens (primary N) is 1. The number of rotatable bonds is 9. The van der Waals surface area contributed by atoms with E-state index in [2.05, 4.69) is 15.4 Å². The summed E-state index contributed by atoms with van der Waals surface area (Å²) in [6, 6.07) is 12.0. The number of nitrogen functional groups attached to an aromatic ring is 1. The van der Waals surface area contributed by atoms with Crippen molar-refractivity contribution in [2.45, 2.75) is 12.6 Å². The van der Waals surface area contributed by atoms with E-state index >= 15 is 4.39 Å². The number of hydrogen-bond acceptors (Lipinski definition) is 6. The summed E-state index contributed by atoms with van der Waals surface area (Å²) in [6.45, 7) is 0.765. The van der Waals surface area contributed by atoms with Crippen molar-refractivity contribution in [3.8, 4) is 22.3 Å². The molecule has 1 amide bonds. The van der Waals surface area contributed by atoms with Crippen LogP contribution in [0.3, 0.4) is 0 Å². The molecule has 0 bridgehead atoms. The van der Waals surface area contributed by atoms with Crippen LogP contribution in [0.15, 0.2) is 67.1 Å². The van der Waals surface area contributed by atoms with Gasteiger partial charge in [-0.3, -0.25) is 9.48 Å². The zero-order valence-corrected chi connectivity index (χ0v) is 20.2. The van der Waals surface area contributed by atoms with Gasteiger partial charge in [-0.25, -0.2) is 9.37 Å². The first kappa shape index (κ1) is 25.3. The molecule has 0 radical (unpaired) electrons. The molecule has 4 rings (SSSR count). The van der Waals surface area contributed by atoms with Crippen LogP contribution >= 0.6 is 11.6 Å². The topological polar surface area (TPSA) is 115 Å². The molecular weight excluding hydrogens is 485 g/mol. The number of carbonyl (C=O) groups excluding carboxylic acids is 1. The second-order valence-corrected chi connectivity index (χ2v) is 8.54. The van der Waals surface area contributed by atoms with Crippen molar-refractivity contribution in [2.24, 2.45) is 0 Å². The summed E-state index contributed by atoms with van der Waals surface area (Å²) in [4.78, 5) is 17.0. The Morgan fingerprint density at radius 1 is 1.19 bits per heavy atom. The van der Waals surface area contributed by atoms with Crippen LogP contribution in [0.1, 0.15) is 22.0 Å². The number of aromatic nitrogens is 3. The number of benzene rings is 2. The maximum absolute atomic E-state index is 15.1. The lowest BCUT2D eigenvalue weighted by molar-refractivity contribution is 0.0912. The molecule has 0 saturated carbocycles. The van der Waals surface area contributed by atoms with Gasteiger partial charge >= 0.3 is 0 Å². The fourth-order valence-electron chi connectivity index (χ4n) is 3.74. The summed E-state index contributed by atoms with van der Waals surface area (Å²) in [5.74, 6) is -1.17. The monoisotopic (exact) mass is 509 g/mol. The third-order valence-corrected chi connectivity index (χ3v) is 5.91. The molecule has 0 fully saturated rings. The van der Waals surface area contributed by atoms with Gasteiger partial charge in [-0.15, -0.1) is 0 Å². The highest BCUT2D eigenvalue weighted by Gasteiger charge is 2.19. The van der Waals surface area contributed by atoms with Gasteiger partial charge in [0.1, 0.15) is 11.6 Å². The quantitative estimate of drug-likeness (QED) is 0.313. The molecule has 36 heavy (non-hydrogen) atoms. The normalized spacial score (nSPS) is 11.9. The number of methoxy groups -OCH3 is 1. The number of anilines is 1. The third kappa shape index (κ3) is 5.71. The number of ether oxygens (including phenoxy) is 1. The molecule has 8 nitrogen and oxygen atoms in total. The van der Waals surface area contributed by atoms with Gasteiger partial charge in [-0.2, -0.15) is 5.10 Å². The molecule has 0 aliphatic rings. The van der Waals surface area contributed by atoms with Crippen LogP contribution in [0.5, 0.6) is 0 Å². The highest BCUT2D eigenvalue weighted by Crippen LogP contribution is 2.30. The molecule has 4 aromatic rings. The summed E-state index contributed by atoms with van der Waals surface area (Å²) in [7, 11) is 1.62. The van der Waals surface area contributed by atoms with Crippen LogP contribution in [0, 0.1) is 5.82 Å². The number of amides is 1. The van der Waals surface area contributed by atoms with Crippen molar-refractivity contribution in [1.82, 2.24) is 20.1 Å². The number of carbonyl (C=O) groups is 1. The fraction of sp³-hybridized carbons (Fsp3) is 0.192. The highest BCUT2D eigenvalue weighted by atomic mass is 35.5. The number of aliphatic hydroxyl groups is 1. The maximum Gasteiger partial charge on any atom is 0.254 e. The molecule has 0 aliphatic carbocycles. The Kier molecular flexibility index (Phi) is 7.94. The van der Waals surface area contributed by atoms with Crippen LogP contribution < -0.4 is 11.1 Å². The van der Waals surface area contributed by atoms with E-state index in [0.717, 1.165) is 11.1 Å². The molecule has 2 aromatic carbocycles. The number of nitrogens with zero attached hydrogens (tertiary/aromatic N) is 3. The second kappa shape index (κ2) is 11.3. The number of hydrogen-bond donors (Lipinski definition) is 3. The zero-order valence-electron chi connectivity index (χ0n) is 19.5. The smallest absolute Gasteiger partial charge is 0.254 e. The fourth-order valence-corrected chi connectivity index (χ4v) is 3.94. The van der Waals surface area contributed by atoms with E-state index < -0.39 is 17.8 Å². The summed E-state index contributed by atoms with van der Waals surface area (Å²) in [5, 5.41) is 17.2. The van der Waals surface area contributed by atoms with E-state index in [0.29, 0.717) is 34.9 Å². The Morgan fingerprint density at radius 2 is 2.03 bits per heavy atom. The molecule has 10 heteroatoms.